The highest BCUT2D eigenvalue weighted by Crippen LogP contribution is 2.13. The zero-order valence-electron chi connectivity index (χ0n) is 22.9. The number of hydrogen-bond acceptors (Lipinski definition) is 4. The minimum atomic E-state index is -0.768. The van der Waals surface area contributed by atoms with Gasteiger partial charge in [0.2, 0.25) is 0 Å². The first kappa shape index (κ1) is 35.6. The predicted octanol–water partition coefficient (Wildman–Crippen LogP) is 3.06. The number of quaternary nitrogens is 1. The third kappa shape index (κ3) is 29.5. The lowest BCUT2D eigenvalue weighted by atomic mass is 10.0. The van der Waals surface area contributed by atoms with E-state index in [0.717, 1.165) is 17.4 Å². The summed E-state index contributed by atoms with van der Waals surface area (Å²) in [4.78, 5) is 11.6. The predicted molar refractivity (Wildman–Crippen MR) is 139 cm³/mol. The molecule has 0 saturated heterocycles. The minimum absolute atomic E-state index is 0. The number of nitrogens with one attached hydrogen (secondary N) is 1. The molecular formula is C27H57ClN2O4. The Labute approximate surface area is 217 Å². The number of aliphatic hydroxyl groups is 1. The highest BCUT2D eigenvalue weighted by Gasteiger charge is 2.11. The van der Waals surface area contributed by atoms with Crippen LogP contribution in [-0.4, -0.2) is 75.8 Å². The van der Waals surface area contributed by atoms with Crippen LogP contribution in [0.25, 0.3) is 0 Å². The zero-order chi connectivity index (χ0) is 24.6. The molecule has 0 aromatic heterocycles. The number of carbonyl (C=O) groups is 1. The van der Waals surface area contributed by atoms with Crippen LogP contribution in [0.3, 0.4) is 0 Å². The second kappa shape index (κ2) is 25.5. The number of alkyl carbamates (subject to hydrolysis) is 1. The van der Waals surface area contributed by atoms with Crippen molar-refractivity contribution in [2.24, 2.45) is 0 Å². The average molecular weight is 509 g/mol. The van der Waals surface area contributed by atoms with Crippen molar-refractivity contribution in [2.45, 2.75) is 116 Å². The van der Waals surface area contributed by atoms with Crippen molar-refractivity contribution < 1.29 is 36.3 Å². The second-order valence-electron chi connectivity index (χ2n) is 10.6. The van der Waals surface area contributed by atoms with E-state index in [1.54, 1.807) is 0 Å². The lowest BCUT2D eigenvalue weighted by molar-refractivity contribution is -0.869. The van der Waals surface area contributed by atoms with E-state index in [1.807, 2.05) is 0 Å². The largest absolute Gasteiger partial charge is 1.00 e. The number of aliphatic hydroxyl groups excluding tert-OH is 1. The summed E-state index contributed by atoms with van der Waals surface area (Å²) < 4.78 is 11.3. The first-order valence-corrected chi connectivity index (χ1v) is 13.8. The van der Waals surface area contributed by atoms with Gasteiger partial charge in [0.15, 0.2) is 0 Å². The summed E-state index contributed by atoms with van der Waals surface area (Å²) in [5.41, 5.74) is 0. The van der Waals surface area contributed by atoms with Crippen LogP contribution in [0.2, 0.25) is 0 Å². The topological polar surface area (TPSA) is 67.8 Å². The number of ether oxygens (including phenoxy) is 2. The number of unbranched alkanes of at least 4 members (excludes halogenated alkanes) is 15. The summed E-state index contributed by atoms with van der Waals surface area (Å²) in [6.07, 6.45) is 20.4. The summed E-state index contributed by atoms with van der Waals surface area (Å²) in [7, 11) is 6.19. The van der Waals surface area contributed by atoms with E-state index in [2.05, 4.69) is 33.4 Å². The van der Waals surface area contributed by atoms with Gasteiger partial charge in [-0.2, -0.15) is 0 Å². The standard InChI is InChI=1S/C27H56N2O4.ClH/c1-5-6-7-8-9-10-11-12-13-14-15-16-17-18-19-20-23-32-24-26(30)25-33-27(31)28-21-22-29(2,3)4;/h26,30H,5-25H2,1-4H3;1H. The quantitative estimate of drug-likeness (QED) is 0.155. The highest BCUT2D eigenvalue weighted by molar-refractivity contribution is 5.67. The van der Waals surface area contributed by atoms with Gasteiger partial charge < -0.3 is 36.8 Å². The third-order valence-electron chi connectivity index (χ3n) is 5.91. The lowest BCUT2D eigenvalue weighted by Gasteiger charge is -2.23. The van der Waals surface area contributed by atoms with Gasteiger partial charge in [-0.05, 0) is 6.42 Å². The van der Waals surface area contributed by atoms with Gasteiger partial charge in [0.25, 0.3) is 0 Å². The van der Waals surface area contributed by atoms with Crippen molar-refractivity contribution in [3.63, 3.8) is 0 Å². The Morgan fingerprint density at radius 1 is 0.765 bits per heavy atom. The maximum Gasteiger partial charge on any atom is 0.407 e. The van der Waals surface area contributed by atoms with Crippen LogP contribution in [0.4, 0.5) is 4.79 Å². The SMILES string of the molecule is CCCCCCCCCCCCCCCCCCOCC(O)COC(=O)NCC[N+](C)(C)C.[Cl-]. The van der Waals surface area contributed by atoms with Gasteiger partial charge in [-0.1, -0.05) is 103 Å². The number of hydrogen-bond donors (Lipinski definition) is 2. The van der Waals surface area contributed by atoms with Gasteiger partial charge in [0, 0.05) is 6.61 Å². The summed E-state index contributed by atoms with van der Waals surface area (Å²) in [6.45, 7) is 4.49. The molecule has 0 aliphatic carbocycles. The summed E-state index contributed by atoms with van der Waals surface area (Å²) >= 11 is 0. The van der Waals surface area contributed by atoms with E-state index < -0.39 is 12.2 Å². The number of likely N-dealkylation sites (N-methyl/N-ethyl adjacent to an activating group) is 1. The van der Waals surface area contributed by atoms with Crippen LogP contribution in [0.1, 0.15) is 110 Å². The maximum absolute atomic E-state index is 11.6. The number of halogens is 1. The molecule has 6 nitrogen and oxygen atoms in total. The molecule has 0 spiro atoms. The van der Waals surface area contributed by atoms with Crippen molar-refractivity contribution in [1.82, 2.24) is 5.32 Å². The molecule has 0 aromatic rings. The van der Waals surface area contributed by atoms with Crippen molar-refractivity contribution in [1.29, 1.82) is 0 Å². The molecule has 1 unspecified atom stereocenters. The van der Waals surface area contributed by atoms with Crippen LogP contribution in [0.15, 0.2) is 0 Å². The Kier molecular flexibility index (Phi) is 26.7. The van der Waals surface area contributed by atoms with E-state index in [1.165, 1.54) is 96.3 Å². The molecule has 2 N–H and O–H groups in total. The molecule has 7 heteroatoms. The van der Waals surface area contributed by atoms with Crippen LogP contribution < -0.4 is 17.7 Å². The summed E-state index contributed by atoms with van der Waals surface area (Å²) in [5, 5.41) is 12.5. The Hall–Kier alpha value is -0.560. The molecule has 34 heavy (non-hydrogen) atoms. The van der Waals surface area contributed by atoms with E-state index >= 15 is 0 Å². The van der Waals surface area contributed by atoms with Gasteiger partial charge in [-0.15, -0.1) is 0 Å². The van der Waals surface area contributed by atoms with Crippen LogP contribution in [-0.2, 0) is 9.47 Å². The Bertz CT molecular complexity index is 433. The normalized spacial score (nSPS) is 12.3. The van der Waals surface area contributed by atoms with E-state index in [9.17, 15) is 9.90 Å². The molecule has 0 radical (unpaired) electrons. The Morgan fingerprint density at radius 2 is 1.21 bits per heavy atom. The summed E-state index contributed by atoms with van der Waals surface area (Å²) in [6, 6.07) is 0. The molecule has 0 heterocycles. The minimum Gasteiger partial charge on any atom is -1.00 e. The molecule has 0 aliphatic heterocycles. The molecule has 1 amide bonds. The fourth-order valence-electron chi connectivity index (χ4n) is 3.74. The number of rotatable bonds is 24. The van der Waals surface area contributed by atoms with E-state index in [-0.39, 0.29) is 25.6 Å². The Morgan fingerprint density at radius 3 is 1.65 bits per heavy atom. The monoisotopic (exact) mass is 508 g/mol. The van der Waals surface area contributed by atoms with E-state index in [0.29, 0.717) is 13.2 Å². The molecule has 1 atom stereocenters. The van der Waals surface area contributed by atoms with Crippen molar-refractivity contribution >= 4 is 6.09 Å². The maximum atomic E-state index is 11.6. The van der Waals surface area contributed by atoms with Gasteiger partial charge in [-0.3, -0.25) is 0 Å². The van der Waals surface area contributed by atoms with Crippen LogP contribution in [0, 0.1) is 0 Å². The van der Waals surface area contributed by atoms with Gasteiger partial charge >= 0.3 is 6.09 Å². The number of nitrogens with zero attached hydrogens (tertiary/aromatic N) is 1. The van der Waals surface area contributed by atoms with E-state index in [4.69, 9.17) is 9.47 Å². The molecule has 206 valence electrons. The lowest BCUT2D eigenvalue weighted by Crippen LogP contribution is -3.00. The fourth-order valence-corrected chi connectivity index (χ4v) is 3.74. The highest BCUT2D eigenvalue weighted by atomic mass is 35.5. The van der Waals surface area contributed by atoms with Gasteiger partial charge in [0.1, 0.15) is 12.7 Å². The first-order valence-electron chi connectivity index (χ1n) is 13.8. The molecule has 0 saturated carbocycles. The van der Waals surface area contributed by atoms with Crippen LogP contribution >= 0.6 is 0 Å². The second-order valence-corrected chi connectivity index (χ2v) is 10.6. The molecule has 0 aliphatic rings. The molecule has 0 fully saturated rings. The van der Waals surface area contributed by atoms with Gasteiger partial charge in [-0.25, -0.2) is 4.79 Å². The molecular weight excluding hydrogens is 452 g/mol. The molecule has 0 rings (SSSR count). The van der Waals surface area contributed by atoms with Crippen molar-refractivity contribution in [3.8, 4) is 0 Å². The van der Waals surface area contributed by atoms with Crippen molar-refractivity contribution in [3.05, 3.63) is 0 Å². The molecule has 0 bridgehead atoms. The fraction of sp³-hybridized carbons (Fsp3) is 0.963. The Balaban J connectivity index is 0. The third-order valence-corrected chi connectivity index (χ3v) is 5.91. The smallest absolute Gasteiger partial charge is 0.407 e. The van der Waals surface area contributed by atoms with Crippen LogP contribution in [0.5, 0.6) is 0 Å². The average Bonchev–Trinajstić information content (AvgIpc) is 2.76. The number of carbonyl (C=O) groups excluding carboxylic acids is 1. The summed E-state index contributed by atoms with van der Waals surface area (Å²) in [5.74, 6) is 0. The molecule has 0 aromatic carbocycles. The zero-order valence-corrected chi connectivity index (χ0v) is 23.7. The van der Waals surface area contributed by atoms with Gasteiger partial charge in [0.05, 0.1) is 40.8 Å². The number of amides is 1. The first-order chi connectivity index (χ1) is 15.8. The van der Waals surface area contributed by atoms with Crippen molar-refractivity contribution in [2.75, 3.05) is 54.1 Å².